The van der Waals surface area contributed by atoms with E-state index in [4.69, 9.17) is 0 Å². The molecule has 0 radical (unpaired) electrons. The van der Waals surface area contributed by atoms with Gasteiger partial charge in [0.05, 0.1) is 11.0 Å². The summed E-state index contributed by atoms with van der Waals surface area (Å²) in [5.74, 6) is 0. The quantitative estimate of drug-likeness (QED) is 0.150. The Morgan fingerprint density at radius 3 is 1.05 bits per heavy atom. The third-order valence-corrected chi connectivity index (χ3v) is 11.3. The van der Waals surface area contributed by atoms with Crippen LogP contribution in [-0.4, -0.2) is 4.57 Å². The molecule has 0 N–H and O–H groups in total. The molecule has 2 nitrogen and oxygen atoms in total. The summed E-state index contributed by atoms with van der Waals surface area (Å²) in [6, 6.07) is 79.3. The van der Waals surface area contributed by atoms with Gasteiger partial charge in [-0.3, -0.25) is 0 Å². The number of hydrogen-bond acceptors (Lipinski definition) is 1. The number of rotatable bonds is 8. The number of aromatic nitrogens is 1. The lowest BCUT2D eigenvalue weighted by Crippen LogP contribution is -2.09. The smallest absolute Gasteiger partial charge is 0.0541 e. The molecule has 10 rings (SSSR count). The summed E-state index contributed by atoms with van der Waals surface area (Å²) in [6.45, 7) is 4.32. The van der Waals surface area contributed by atoms with Crippen LogP contribution in [0.1, 0.15) is 11.1 Å². The van der Waals surface area contributed by atoms with Crippen molar-refractivity contribution in [3.05, 3.63) is 230 Å². The molecule has 2 heteroatoms. The van der Waals surface area contributed by atoms with Gasteiger partial charge in [0.25, 0.3) is 0 Å². The highest BCUT2D eigenvalue weighted by Crippen LogP contribution is 2.39. The summed E-state index contributed by atoms with van der Waals surface area (Å²) in [5.41, 5.74) is 19.1. The Labute approximate surface area is 340 Å². The fourth-order valence-electron chi connectivity index (χ4n) is 8.49. The van der Waals surface area contributed by atoms with Crippen molar-refractivity contribution in [2.24, 2.45) is 0 Å². The molecule has 0 aliphatic heterocycles. The van der Waals surface area contributed by atoms with Crippen molar-refractivity contribution < 1.29 is 0 Å². The van der Waals surface area contributed by atoms with Crippen LogP contribution in [0.25, 0.3) is 72.0 Å². The van der Waals surface area contributed by atoms with E-state index in [9.17, 15) is 0 Å². The Bertz CT molecular complexity index is 2940. The van der Waals surface area contributed by atoms with Crippen LogP contribution >= 0.6 is 0 Å². The summed E-state index contributed by atoms with van der Waals surface area (Å²) in [4.78, 5) is 2.34. The topological polar surface area (TPSA) is 8.17 Å². The van der Waals surface area contributed by atoms with E-state index in [0.29, 0.717) is 0 Å². The van der Waals surface area contributed by atoms with Crippen LogP contribution in [0.5, 0.6) is 0 Å². The van der Waals surface area contributed by atoms with E-state index < -0.39 is 0 Å². The molecule has 0 amide bonds. The first-order valence-corrected chi connectivity index (χ1v) is 20.0. The molecular weight excluding hydrogens is 701 g/mol. The summed E-state index contributed by atoms with van der Waals surface area (Å²) < 4.78 is 2.37. The monoisotopic (exact) mass is 742 g/mol. The molecule has 0 saturated heterocycles. The summed E-state index contributed by atoms with van der Waals surface area (Å²) in [7, 11) is 0. The number of hydrogen-bond donors (Lipinski definition) is 0. The zero-order chi connectivity index (χ0) is 39.0. The van der Waals surface area contributed by atoms with E-state index in [1.807, 2.05) is 0 Å². The molecule has 276 valence electrons. The lowest BCUT2D eigenvalue weighted by atomic mass is 9.98. The highest BCUT2D eigenvalue weighted by Gasteiger charge is 2.15. The lowest BCUT2D eigenvalue weighted by Gasteiger charge is -2.26. The van der Waals surface area contributed by atoms with Gasteiger partial charge in [0.15, 0.2) is 0 Å². The summed E-state index contributed by atoms with van der Waals surface area (Å²) in [6.07, 6.45) is 0. The van der Waals surface area contributed by atoms with Crippen molar-refractivity contribution in [2.75, 3.05) is 4.90 Å². The SMILES string of the molecule is Cc1cc(C)cc(-c2ccc(-c3ccc(N(c4ccc(-c5ccccc5)cc4)c4ccc(-c5ccc(-n6c7ccccc7c7ccccc76)cc5)cc4)cc3)cc2)c1. The molecule has 0 fully saturated rings. The molecular formula is C56H42N2. The Hall–Kier alpha value is -7.42. The number of fused-ring (bicyclic) bond motifs is 3. The normalized spacial score (nSPS) is 11.3. The van der Waals surface area contributed by atoms with Gasteiger partial charge in [0, 0.05) is 33.5 Å². The van der Waals surface area contributed by atoms with Crippen LogP contribution in [0.15, 0.2) is 218 Å². The second-order valence-electron chi connectivity index (χ2n) is 15.2. The minimum atomic E-state index is 1.10. The van der Waals surface area contributed by atoms with Gasteiger partial charge < -0.3 is 9.47 Å². The zero-order valence-corrected chi connectivity index (χ0v) is 32.7. The van der Waals surface area contributed by atoms with Gasteiger partial charge >= 0.3 is 0 Å². The molecule has 10 aromatic rings. The van der Waals surface area contributed by atoms with Crippen molar-refractivity contribution in [1.29, 1.82) is 0 Å². The molecule has 0 unspecified atom stereocenters. The molecule has 0 bridgehead atoms. The molecule has 0 aliphatic rings. The predicted molar refractivity (Wildman–Crippen MR) is 247 cm³/mol. The van der Waals surface area contributed by atoms with E-state index in [2.05, 4.69) is 242 Å². The van der Waals surface area contributed by atoms with E-state index in [1.54, 1.807) is 0 Å². The fraction of sp³-hybridized carbons (Fsp3) is 0.0357. The first-order chi connectivity index (χ1) is 28.6. The van der Waals surface area contributed by atoms with E-state index in [-0.39, 0.29) is 0 Å². The number of nitrogens with zero attached hydrogens (tertiary/aromatic N) is 2. The van der Waals surface area contributed by atoms with Crippen LogP contribution in [0.2, 0.25) is 0 Å². The second-order valence-corrected chi connectivity index (χ2v) is 15.2. The maximum Gasteiger partial charge on any atom is 0.0541 e. The van der Waals surface area contributed by atoms with Gasteiger partial charge in [-0.05, 0) is 119 Å². The maximum absolute atomic E-state index is 2.37. The molecule has 9 aromatic carbocycles. The van der Waals surface area contributed by atoms with Crippen molar-refractivity contribution in [3.63, 3.8) is 0 Å². The Balaban J connectivity index is 0.962. The second kappa shape index (κ2) is 14.9. The van der Waals surface area contributed by atoms with Crippen molar-refractivity contribution in [1.82, 2.24) is 4.57 Å². The molecule has 0 aliphatic carbocycles. The fourth-order valence-corrected chi connectivity index (χ4v) is 8.49. The zero-order valence-electron chi connectivity index (χ0n) is 32.7. The minimum absolute atomic E-state index is 1.10. The Morgan fingerprint density at radius 2 is 0.621 bits per heavy atom. The lowest BCUT2D eigenvalue weighted by molar-refractivity contribution is 1.18. The average Bonchev–Trinajstić information content (AvgIpc) is 3.62. The van der Waals surface area contributed by atoms with E-state index in [1.165, 1.54) is 77.4 Å². The maximum atomic E-state index is 2.37. The molecule has 58 heavy (non-hydrogen) atoms. The Kier molecular flexibility index (Phi) is 9.01. The van der Waals surface area contributed by atoms with Crippen molar-refractivity contribution in [2.45, 2.75) is 13.8 Å². The third kappa shape index (κ3) is 6.65. The summed E-state index contributed by atoms with van der Waals surface area (Å²) in [5, 5.41) is 2.54. The van der Waals surface area contributed by atoms with Crippen molar-refractivity contribution >= 4 is 38.9 Å². The van der Waals surface area contributed by atoms with Gasteiger partial charge in [-0.15, -0.1) is 0 Å². The number of anilines is 3. The number of aryl methyl sites for hydroxylation is 2. The molecule has 1 heterocycles. The molecule has 1 aromatic heterocycles. The van der Waals surface area contributed by atoms with Gasteiger partial charge in [0.1, 0.15) is 0 Å². The van der Waals surface area contributed by atoms with Crippen LogP contribution in [0, 0.1) is 13.8 Å². The van der Waals surface area contributed by atoms with E-state index in [0.717, 1.165) is 22.7 Å². The standard InChI is InChI=1S/C56H42N2/c1-39-36-40(2)38-48(37-39)47-18-16-42(17-19-47)44-22-30-50(31-23-44)57(49-28-20-43(21-29-49)41-10-4-3-5-11-41)51-32-24-45(25-33-51)46-26-34-52(35-27-46)58-55-14-8-6-12-53(55)54-13-7-9-15-56(54)58/h3-38H,1-2H3. The predicted octanol–water partition coefficient (Wildman–Crippen LogP) is 15.5. The van der Waals surface area contributed by atoms with Crippen LogP contribution in [0.3, 0.4) is 0 Å². The first-order valence-electron chi connectivity index (χ1n) is 20.0. The summed E-state index contributed by atoms with van der Waals surface area (Å²) >= 11 is 0. The van der Waals surface area contributed by atoms with E-state index >= 15 is 0 Å². The average molecular weight is 743 g/mol. The van der Waals surface area contributed by atoms with Crippen LogP contribution in [-0.2, 0) is 0 Å². The highest BCUT2D eigenvalue weighted by atomic mass is 15.1. The Morgan fingerprint density at radius 1 is 0.293 bits per heavy atom. The third-order valence-electron chi connectivity index (χ3n) is 11.3. The number of benzene rings is 9. The van der Waals surface area contributed by atoms with Gasteiger partial charge in [-0.25, -0.2) is 0 Å². The minimum Gasteiger partial charge on any atom is -0.311 e. The van der Waals surface area contributed by atoms with Gasteiger partial charge in [-0.1, -0.05) is 169 Å². The largest absolute Gasteiger partial charge is 0.311 e. The van der Waals surface area contributed by atoms with Crippen LogP contribution in [0.4, 0.5) is 17.1 Å². The molecule has 0 saturated carbocycles. The van der Waals surface area contributed by atoms with Crippen LogP contribution < -0.4 is 4.90 Å². The van der Waals surface area contributed by atoms with Gasteiger partial charge in [-0.2, -0.15) is 0 Å². The number of para-hydroxylation sites is 2. The van der Waals surface area contributed by atoms with Gasteiger partial charge in [0.2, 0.25) is 0 Å². The van der Waals surface area contributed by atoms with Crippen molar-refractivity contribution in [3.8, 4) is 50.2 Å². The highest BCUT2D eigenvalue weighted by molar-refractivity contribution is 6.09. The molecule has 0 spiro atoms. The molecule has 0 atom stereocenters. The first kappa shape index (κ1) is 35.0.